The first kappa shape index (κ1) is 11.2. The van der Waals surface area contributed by atoms with Crippen molar-refractivity contribution in [3.8, 4) is 0 Å². The first-order chi connectivity index (χ1) is 7.47. The van der Waals surface area contributed by atoms with E-state index in [2.05, 4.69) is 60.1 Å². The predicted molar refractivity (Wildman–Crippen MR) is 69.2 cm³/mol. The van der Waals surface area contributed by atoms with E-state index in [1.54, 1.807) is 11.3 Å². The standard InChI is InChI=1S/C12H17N3S/c1-12(2,3)14-13-11-15(4)9-7-5-6-8-10(9)16-11/h5-8,14H,1-4H3/b13-11-. The van der Waals surface area contributed by atoms with Crippen LogP contribution in [-0.4, -0.2) is 10.1 Å². The molecule has 2 aromatic rings. The van der Waals surface area contributed by atoms with Crippen molar-refractivity contribution in [3.63, 3.8) is 0 Å². The van der Waals surface area contributed by atoms with Crippen LogP contribution in [0, 0.1) is 0 Å². The van der Waals surface area contributed by atoms with Gasteiger partial charge in [0.1, 0.15) is 0 Å². The second kappa shape index (κ2) is 3.94. The molecule has 1 aromatic heterocycles. The van der Waals surface area contributed by atoms with Crippen molar-refractivity contribution in [2.45, 2.75) is 26.3 Å². The molecule has 0 spiro atoms. The van der Waals surface area contributed by atoms with Gasteiger partial charge in [0, 0.05) is 12.6 Å². The molecule has 0 saturated heterocycles. The minimum Gasteiger partial charge on any atom is -0.318 e. The molecule has 0 amide bonds. The van der Waals surface area contributed by atoms with E-state index in [1.807, 2.05) is 7.05 Å². The molecule has 0 aliphatic rings. The number of fused-ring (bicyclic) bond motifs is 1. The lowest BCUT2D eigenvalue weighted by Gasteiger charge is -2.16. The zero-order valence-corrected chi connectivity index (χ0v) is 10.9. The quantitative estimate of drug-likeness (QED) is 0.756. The second-order valence-corrected chi connectivity index (χ2v) is 5.89. The highest BCUT2D eigenvalue weighted by molar-refractivity contribution is 7.16. The molecular formula is C12H17N3S. The van der Waals surface area contributed by atoms with Gasteiger partial charge in [-0.15, -0.1) is 5.10 Å². The van der Waals surface area contributed by atoms with Gasteiger partial charge in [0.25, 0.3) is 0 Å². The van der Waals surface area contributed by atoms with E-state index in [-0.39, 0.29) is 5.54 Å². The van der Waals surface area contributed by atoms with Crippen LogP contribution in [0.1, 0.15) is 20.8 Å². The number of aryl methyl sites for hydroxylation is 1. The van der Waals surface area contributed by atoms with Gasteiger partial charge in [-0.05, 0) is 32.9 Å². The lowest BCUT2D eigenvalue weighted by molar-refractivity contribution is 0.431. The van der Waals surface area contributed by atoms with Crippen LogP contribution in [0.4, 0.5) is 0 Å². The Labute approximate surface area is 99.4 Å². The summed E-state index contributed by atoms with van der Waals surface area (Å²) in [4.78, 5) is 0.996. The molecule has 16 heavy (non-hydrogen) atoms. The van der Waals surface area contributed by atoms with Crippen LogP contribution in [0.3, 0.4) is 0 Å². The normalized spacial score (nSPS) is 13.4. The van der Waals surface area contributed by atoms with E-state index in [1.165, 1.54) is 10.2 Å². The van der Waals surface area contributed by atoms with Gasteiger partial charge in [-0.25, -0.2) is 0 Å². The summed E-state index contributed by atoms with van der Waals surface area (Å²) >= 11 is 1.70. The molecule has 0 fully saturated rings. The van der Waals surface area contributed by atoms with Crippen molar-refractivity contribution in [2.24, 2.45) is 12.1 Å². The molecule has 3 nitrogen and oxygen atoms in total. The van der Waals surface area contributed by atoms with Crippen molar-refractivity contribution in [1.82, 2.24) is 9.99 Å². The molecule has 0 saturated carbocycles. The number of benzene rings is 1. The molecule has 4 heteroatoms. The van der Waals surface area contributed by atoms with Crippen molar-refractivity contribution in [3.05, 3.63) is 29.1 Å². The van der Waals surface area contributed by atoms with Crippen LogP contribution < -0.4 is 10.2 Å². The summed E-state index contributed by atoms with van der Waals surface area (Å²) in [5.74, 6) is 0. The Morgan fingerprint density at radius 3 is 2.56 bits per heavy atom. The number of rotatable bonds is 1. The Balaban J connectivity index is 2.50. The lowest BCUT2D eigenvalue weighted by Crippen LogP contribution is -2.33. The zero-order chi connectivity index (χ0) is 11.8. The highest BCUT2D eigenvalue weighted by atomic mass is 32.1. The van der Waals surface area contributed by atoms with Crippen LogP contribution in [0.15, 0.2) is 29.4 Å². The van der Waals surface area contributed by atoms with E-state index in [0.29, 0.717) is 0 Å². The summed E-state index contributed by atoms with van der Waals surface area (Å²) in [6, 6.07) is 8.34. The summed E-state index contributed by atoms with van der Waals surface area (Å²) in [7, 11) is 2.04. The zero-order valence-electron chi connectivity index (χ0n) is 10.1. The molecule has 0 atom stereocenters. The number of hydrogen-bond donors (Lipinski definition) is 1. The Morgan fingerprint density at radius 1 is 1.25 bits per heavy atom. The molecule has 2 rings (SSSR count). The number of nitrogens with one attached hydrogen (secondary N) is 1. The van der Waals surface area contributed by atoms with Crippen molar-refractivity contribution in [1.29, 1.82) is 0 Å². The first-order valence-corrected chi connectivity index (χ1v) is 6.14. The van der Waals surface area contributed by atoms with E-state index < -0.39 is 0 Å². The molecule has 0 radical (unpaired) electrons. The maximum Gasteiger partial charge on any atom is 0.208 e. The summed E-state index contributed by atoms with van der Waals surface area (Å²) < 4.78 is 3.37. The van der Waals surface area contributed by atoms with Gasteiger partial charge in [-0.1, -0.05) is 23.5 Å². The smallest absolute Gasteiger partial charge is 0.208 e. The Bertz CT molecular complexity index is 557. The molecule has 0 aliphatic carbocycles. The molecule has 1 aromatic carbocycles. The van der Waals surface area contributed by atoms with E-state index in [4.69, 9.17) is 0 Å². The molecule has 0 aliphatic heterocycles. The van der Waals surface area contributed by atoms with Gasteiger partial charge in [0.2, 0.25) is 4.80 Å². The molecular weight excluding hydrogens is 218 g/mol. The average Bonchev–Trinajstić information content (AvgIpc) is 2.53. The van der Waals surface area contributed by atoms with Crippen molar-refractivity contribution in [2.75, 3.05) is 0 Å². The van der Waals surface area contributed by atoms with E-state index in [9.17, 15) is 0 Å². The highest BCUT2D eigenvalue weighted by Gasteiger charge is 2.07. The molecule has 86 valence electrons. The van der Waals surface area contributed by atoms with Crippen LogP contribution >= 0.6 is 11.3 Å². The first-order valence-electron chi connectivity index (χ1n) is 5.33. The lowest BCUT2D eigenvalue weighted by atomic mass is 10.1. The number of nitrogens with zero attached hydrogens (tertiary/aromatic N) is 2. The van der Waals surface area contributed by atoms with Gasteiger partial charge in [0.05, 0.1) is 10.2 Å². The number of thiazole rings is 1. The van der Waals surface area contributed by atoms with E-state index >= 15 is 0 Å². The van der Waals surface area contributed by atoms with Crippen LogP contribution in [0.2, 0.25) is 0 Å². The van der Waals surface area contributed by atoms with Gasteiger partial charge >= 0.3 is 0 Å². The maximum atomic E-state index is 4.45. The maximum absolute atomic E-state index is 4.45. The van der Waals surface area contributed by atoms with Crippen LogP contribution in [0.5, 0.6) is 0 Å². The third-order valence-electron chi connectivity index (χ3n) is 2.20. The Morgan fingerprint density at radius 2 is 1.94 bits per heavy atom. The summed E-state index contributed by atoms with van der Waals surface area (Å²) in [6.07, 6.45) is 0. The summed E-state index contributed by atoms with van der Waals surface area (Å²) in [5, 5.41) is 4.45. The molecule has 1 heterocycles. The average molecular weight is 235 g/mol. The Hall–Kier alpha value is -1.29. The topological polar surface area (TPSA) is 29.3 Å². The van der Waals surface area contributed by atoms with Gasteiger partial charge < -0.3 is 9.99 Å². The fourth-order valence-electron chi connectivity index (χ4n) is 1.40. The minimum atomic E-state index is 0.00315. The highest BCUT2D eigenvalue weighted by Crippen LogP contribution is 2.15. The summed E-state index contributed by atoms with van der Waals surface area (Å²) in [6.45, 7) is 6.30. The SMILES string of the molecule is Cn1/c(=N/NC(C)(C)C)sc2ccccc21. The van der Waals surface area contributed by atoms with Gasteiger partial charge in [0.15, 0.2) is 0 Å². The third kappa shape index (κ3) is 2.27. The predicted octanol–water partition coefficient (Wildman–Crippen LogP) is 2.44. The minimum absolute atomic E-state index is 0.00315. The fraction of sp³-hybridized carbons (Fsp3) is 0.417. The van der Waals surface area contributed by atoms with Crippen LogP contribution in [-0.2, 0) is 7.05 Å². The van der Waals surface area contributed by atoms with Crippen LogP contribution in [0.25, 0.3) is 10.2 Å². The van der Waals surface area contributed by atoms with Crippen molar-refractivity contribution < 1.29 is 0 Å². The van der Waals surface area contributed by atoms with E-state index in [0.717, 1.165) is 4.80 Å². The van der Waals surface area contributed by atoms with Crippen molar-refractivity contribution >= 4 is 21.6 Å². The Kier molecular flexibility index (Phi) is 2.76. The molecule has 0 unspecified atom stereocenters. The number of para-hydroxylation sites is 1. The largest absolute Gasteiger partial charge is 0.318 e. The fourth-order valence-corrected chi connectivity index (χ4v) is 2.38. The number of hydrogen-bond acceptors (Lipinski definition) is 3. The third-order valence-corrected chi connectivity index (χ3v) is 3.31. The van der Waals surface area contributed by atoms with Gasteiger partial charge in [-0.3, -0.25) is 0 Å². The second-order valence-electron chi connectivity index (χ2n) is 4.88. The van der Waals surface area contributed by atoms with Gasteiger partial charge in [-0.2, -0.15) is 0 Å². The summed E-state index contributed by atoms with van der Waals surface area (Å²) in [5.41, 5.74) is 4.38. The molecule has 0 bridgehead atoms. The molecule has 1 N–H and O–H groups in total. The monoisotopic (exact) mass is 235 g/mol. The number of aromatic nitrogens is 1.